The van der Waals surface area contributed by atoms with Crippen molar-refractivity contribution in [1.82, 2.24) is 4.98 Å². The Balaban J connectivity index is 1.59. The standard InChI is InChI=1S/C18H13ClFNO2S/c19-14-7-5-12(6-8-14)18-21-15(11-24-18)9-17(22)23-10-13-3-1-2-4-16(13)20/h1-8,11H,9-10H2. The molecule has 0 bridgehead atoms. The van der Waals surface area contributed by atoms with Gasteiger partial charge in [-0.25, -0.2) is 9.37 Å². The van der Waals surface area contributed by atoms with Crippen LogP contribution < -0.4 is 0 Å². The molecule has 1 heterocycles. The highest BCUT2D eigenvalue weighted by Crippen LogP contribution is 2.25. The van der Waals surface area contributed by atoms with E-state index in [0.29, 0.717) is 16.3 Å². The van der Waals surface area contributed by atoms with E-state index < -0.39 is 5.97 Å². The molecule has 0 aliphatic heterocycles. The molecule has 0 radical (unpaired) electrons. The van der Waals surface area contributed by atoms with Crippen LogP contribution in [0.25, 0.3) is 10.6 Å². The lowest BCUT2D eigenvalue weighted by atomic mass is 10.2. The molecular weight excluding hydrogens is 349 g/mol. The number of carbonyl (C=O) groups excluding carboxylic acids is 1. The molecule has 2 aromatic carbocycles. The van der Waals surface area contributed by atoms with Gasteiger partial charge in [0.25, 0.3) is 0 Å². The van der Waals surface area contributed by atoms with E-state index in [1.54, 1.807) is 30.3 Å². The van der Waals surface area contributed by atoms with Gasteiger partial charge in [0.05, 0.1) is 12.1 Å². The maximum atomic E-state index is 13.5. The van der Waals surface area contributed by atoms with Crippen molar-refractivity contribution in [2.45, 2.75) is 13.0 Å². The average Bonchev–Trinajstić information content (AvgIpc) is 3.03. The van der Waals surface area contributed by atoms with E-state index in [1.165, 1.54) is 17.4 Å². The van der Waals surface area contributed by atoms with Crippen molar-refractivity contribution in [2.75, 3.05) is 0 Å². The average molecular weight is 362 g/mol. The molecular formula is C18H13ClFNO2S. The van der Waals surface area contributed by atoms with Gasteiger partial charge in [-0.1, -0.05) is 41.9 Å². The van der Waals surface area contributed by atoms with E-state index in [9.17, 15) is 9.18 Å². The van der Waals surface area contributed by atoms with Gasteiger partial charge in [0.1, 0.15) is 17.4 Å². The lowest BCUT2D eigenvalue weighted by Crippen LogP contribution is -2.09. The van der Waals surface area contributed by atoms with Crippen molar-refractivity contribution in [1.29, 1.82) is 0 Å². The zero-order valence-corrected chi connectivity index (χ0v) is 14.1. The molecule has 0 N–H and O–H groups in total. The van der Waals surface area contributed by atoms with Crippen LogP contribution in [0.2, 0.25) is 5.02 Å². The fraction of sp³-hybridized carbons (Fsp3) is 0.111. The quantitative estimate of drug-likeness (QED) is 0.607. The van der Waals surface area contributed by atoms with Crippen molar-refractivity contribution < 1.29 is 13.9 Å². The van der Waals surface area contributed by atoms with Crippen LogP contribution in [0.3, 0.4) is 0 Å². The minimum Gasteiger partial charge on any atom is -0.460 e. The van der Waals surface area contributed by atoms with E-state index in [2.05, 4.69) is 4.98 Å². The molecule has 24 heavy (non-hydrogen) atoms. The molecule has 3 aromatic rings. The Morgan fingerprint density at radius 1 is 1.17 bits per heavy atom. The number of rotatable bonds is 5. The molecule has 0 saturated heterocycles. The zero-order chi connectivity index (χ0) is 16.9. The van der Waals surface area contributed by atoms with Gasteiger partial charge in [-0.05, 0) is 18.2 Å². The Kier molecular flexibility index (Phi) is 5.23. The summed E-state index contributed by atoms with van der Waals surface area (Å²) in [6, 6.07) is 13.6. The van der Waals surface area contributed by atoms with Crippen molar-refractivity contribution in [2.24, 2.45) is 0 Å². The summed E-state index contributed by atoms with van der Waals surface area (Å²) in [7, 11) is 0. The number of nitrogens with zero attached hydrogens (tertiary/aromatic N) is 1. The molecule has 6 heteroatoms. The first-order valence-corrected chi connectivity index (χ1v) is 8.47. The van der Waals surface area contributed by atoms with Crippen LogP contribution in [0.4, 0.5) is 4.39 Å². The molecule has 3 rings (SSSR count). The summed E-state index contributed by atoms with van der Waals surface area (Å²) >= 11 is 7.31. The second-order valence-corrected chi connectivity index (χ2v) is 6.37. The number of hydrogen-bond donors (Lipinski definition) is 0. The fourth-order valence-electron chi connectivity index (χ4n) is 2.09. The van der Waals surface area contributed by atoms with Gasteiger partial charge >= 0.3 is 5.97 Å². The smallest absolute Gasteiger partial charge is 0.312 e. The summed E-state index contributed by atoms with van der Waals surface area (Å²) in [4.78, 5) is 16.3. The summed E-state index contributed by atoms with van der Waals surface area (Å²) in [6.45, 7) is -0.0836. The predicted molar refractivity (Wildman–Crippen MR) is 92.5 cm³/mol. The summed E-state index contributed by atoms with van der Waals surface area (Å²) in [6.07, 6.45) is 0.0541. The van der Waals surface area contributed by atoms with Crippen molar-refractivity contribution >= 4 is 28.9 Å². The molecule has 0 unspecified atom stereocenters. The highest BCUT2D eigenvalue weighted by molar-refractivity contribution is 7.13. The molecule has 0 amide bonds. The largest absolute Gasteiger partial charge is 0.460 e. The van der Waals surface area contributed by atoms with Crippen LogP contribution in [-0.2, 0) is 22.6 Å². The van der Waals surface area contributed by atoms with Crippen LogP contribution >= 0.6 is 22.9 Å². The van der Waals surface area contributed by atoms with Crippen LogP contribution in [-0.4, -0.2) is 11.0 Å². The summed E-state index contributed by atoms with van der Waals surface area (Å²) in [5.74, 6) is -0.824. The van der Waals surface area contributed by atoms with E-state index in [1.807, 2.05) is 17.5 Å². The number of thiazole rings is 1. The van der Waals surface area contributed by atoms with E-state index in [-0.39, 0.29) is 18.8 Å². The molecule has 0 saturated carbocycles. The van der Waals surface area contributed by atoms with Crippen LogP contribution in [0, 0.1) is 5.82 Å². The van der Waals surface area contributed by atoms with Crippen LogP contribution in [0.15, 0.2) is 53.9 Å². The minimum atomic E-state index is -0.439. The van der Waals surface area contributed by atoms with Gasteiger partial charge in [-0.2, -0.15) is 0 Å². The highest BCUT2D eigenvalue weighted by atomic mass is 35.5. The Hall–Kier alpha value is -2.24. The Labute approximate surface area is 147 Å². The van der Waals surface area contributed by atoms with Crippen molar-refractivity contribution in [3.8, 4) is 10.6 Å². The maximum Gasteiger partial charge on any atom is 0.312 e. The molecule has 0 atom stereocenters. The lowest BCUT2D eigenvalue weighted by Gasteiger charge is -2.04. The molecule has 122 valence electrons. The predicted octanol–water partition coefficient (Wildman–Crippen LogP) is 4.89. The zero-order valence-electron chi connectivity index (χ0n) is 12.5. The molecule has 0 fully saturated rings. The molecule has 3 nitrogen and oxygen atoms in total. The summed E-state index contributed by atoms with van der Waals surface area (Å²) < 4.78 is 18.6. The summed E-state index contributed by atoms with van der Waals surface area (Å²) in [5, 5.41) is 3.28. The van der Waals surface area contributed by atoms with Crippen molar-refractivity contribution in [3.63, 3.8) is 0 Å². The van der Waals surface area contributed by atoms with E-state index in [0.717, 1.165) is 10.6 Å². The second kappa shape index (κ2) is 7.55. The maximum absolute atomic E-state index is 13.5. The first-order chi connectivity index (χ1) is 11.6. The minimum absolute atomic E-state index is 0.0541. The number of esters is 1. The number of benzene rings is 2. The van der Waals surface area contributed by atoms with Gasteiger partial charge in [0.2, 0.25) is 0 Å². The monoisotopic (exact) mass is 361 g/mol. The van der Waals surface area contributed by atoms with E-state index in [4.69, 9.17) is 16.3 Å². The number of aromatic nitrogens is 1. The molecule has 1 aromatic heterocycles. The Morgan fingerprint density at radius 3 is 2.67 bits per heavy atom. The highest BCUT2D eigenvalue weighted by Gasteiger charge is 2.11. The third kappa shape index (κ3) is 4.19. The number of ether oxygens (including phenoxy) is 1. The first kappa shape index (κ1) is 16.6. The van der Waals surface area contributed by atoms with E-state index >= 15 is 0 Å². The third-order valence-electron chi connectivity index (χ3n) is 3.31. The van der Waals surface area contributed by atoms with Gasteiger partial charge in [0, 0.05) is 21.5 Å². The number of hydrogen-bond acceptors (Lipinski definition) is 4. The van der Waals surface area contributed by atoms with Gasteiger partial charge in [-0.15, -0.1) is 11.3 Å². The van der Waals surface area contributed by atoms with Crippen LogP contribution in [0.1, 0.15) is 11.3 Å². The van der Waals surface area contributed by atoms with Gasteiger partial charge in [-0.3, -0.25) is 4.79 Å². The molecule has 0 aliphatic rings. The molecule has 0 aliphatic carbocycles. The Morgan fingerprint density at radius 2 is 1.92 bits per heavy atom. The number of carbonyl (C=O) groups is 1. The normalized spacial score (nSPS) is 10.6. The van der Waals surface area contributed by atoms with Crippen molar-refractivity contribution in [3.05, 3.63) is 76.0 Å². The van der Waals surface area contributed by atoms with Gasteiger partial charge in [0.15, 0.2) is 0 Å². The first-order valence-electron chi connectivity index (χ1n) is 7.21. The topological polar surface area (TPSA) is 39.2 Å². The summed E-state index contributed by atoms with van der Waals surface area (Å²) in [5.41, 5.74) is 1.92. The Bertz CT molecular complexity index is 848. The lowest BCUT2D eigenvalue weighted by molar-refractivity contribution is -0.144. The third-order valence-corrected chi connectivity index (χ3v) is 4.51. The van der Waals surface area contributed by atoms with Gasteiger partial charge < -0.3 is 4.74 Å². The SMILES string of the molecule is O=C(Cc1csc(-c2ccc(Cl)cc2)n1)OCc1ccccc1F. The fourth-order valence-corrected chi connectivity index (χ4v) is 3.04. The van der Waals surface area contributed by atoms with Crippen LogP contribution in [0.5, 0.6) is 0 Å². The molecule has 0 spiro atoms. The second-order valence-electron chi connectivity index (χ2n) is 5.08. The number of halogens is 2.